The molecule has 0 unspecified atom stereocenters. The number of hydrogen-bond acceptors (Lipinski definition) is 1. The van der Waals surface area contributed by atoms with Crippen molar-refractivity contribution in [2.75, 3.05) is 5.75 Å². The summed E-state index contributed by atoms with van der Waals surface area (Å²) in [6, 6.07) is 12.8. The molecule has 0 amide bonds. The zero-order valence-electron chi connectivity index (χ0n) is 9.60. The fourth-order valence-corrected chi connectivity index (χ4v) is 2.55. The van der Waals surface area contributed by atoms with Crippen LogP contribution in [0.3, 0.4) is 0 Å². The van der Waals surface area contributed by atoms with Crippen LogP contribution < -0.4 is 0 Å². The predicted octanol–water partition coefficient (Wildman–Crippen LogP) is 4.37. The molecule has 0 N–H and O–H groups in total. The molecule has 1 nitrogen and oxygen atoms in total. The van der Waals surface area contributed by atoms with Crippen molar-refractivity contribution in [2.24, 2.45) is 0 Å². The van der Waals surface area contributed by atoms with Crippen molar-refractivity contribution in [3.05, 3.63) is 48.8 Å². The molecule has 0 aliphatic carbocycles. The van der Waals surface area contributed by atoms with Gasteiger partial charge in [-0.05, 0) is 48.6 Å². The number of unbranched alkanes of at least 4 members (excludes halogenated alkanes) is 1. The molecule has 0 fully saturated rings. The molecule has 0 aliphatic heterocycles. The SMILES string of the molecule is CCCCSc1ccc(-n2cccc2)cc1. The maximum absolute atomic E-state index is 2.23. The Bertz CT molecular complexity index is 403. The molecule has 0 aliphatic rings. The van der Waals surface area contributed by atoms with Crippen molar-refractivity contribution in [1.29, 1.82) is 0 Å². The summed E-state index contributed by atoms with van der Waals surface area (Å²) < 4.78 is 2.13. The van der Waals surface area contributed by atoms with E-state index in [0.29, 0.717) is 0 Å². The van der Waals surface area contributed by atoms with Gasteiger partial charge in [0.2, 0.25) is 0 Å². The lowest BCUT2D eigenvalue weighted by Crippen LogP contribution is -1.88. The first kappa shape index (κ1) is 11.3. The average molecular weight is 231 g/mol. The second-order valence-corrected chi connectivity index (χ2v) is 4.95. The largest absolute Gasteiger partial charge is 0.324 e. The molecule has 0 radical (unpaired) electrons. The standard InChI is InChI=1S/C14H17NS/c1-2-3-12-16-14-8-6-13(7-9-14)15-10-4-5-11-15/h4-11H,2-3,12H2,1H3. The minimum atomic E-state index is 1.22. The second-order valence-electron chi connectivity index (χ2n) is 3.79. The van der Waals surface area contributed by atoms with E-state index in [1.165, 1.54) is 29.2 Å². The minimum absolute atomic E-state index is 1.22. The molecule has 1 heterocycles. The predicted molar refractivity (Wildman–Crippen MR) is 71.4 cm³/mol. The number of nitrogens with zero attached hydrogens (tertiary/aromatic N) is 1. The molecule has 0 atom stereocenters. The van der Waals surface area contributed by atoms with Gasteiger partial charge in [-0.15, -0.1) is 11.8 Å². The number of rotatable bonds is 5. The van der Waals surface area contributed by atoms with Crippen LogP contribution in [0.25, 0.3) is 5.69 Å². The Morgan fingerprint density at radius 2 is 1.75 bits per heavy atom. The summed E-state index contributed by atoms with van der Waals surface area (Å²) in [5.41, 5.74) is 1.23. The molecular weight excluding hydrogens is 214 g/mol. The lowest BCUT2D eigenvalue weighted by Gasteiger charge is -2.04. The fourth-order valence-electron chi connectivity index (χ4n) is 1.56. The van der Waals surface area contributed by atoms with Crippen LogP contribution in [-0.2, 0) is 0 Å². The third-order valence-corrected chi connectivity index (χ3v) is 3.60. The van der Waals surface area contributed by atoms with Crippen LogP contribution in [0.1, 0.15) is 19.8 Å². The number of benzene rings is 1. The first-order valence-corrected chi connectivity index (χ1v) is 6.75. The summed E-state index contributed by atoms with van der Waals surface area (Å²) in [5, 5.41) is 0. The summed E-state index contributed by atoms with van der Waals surface area (Å²) in [6.07, 6.45) is 6.71. The summed E-state index contributed by atoms with van der Waals surface area (Å²) in [5.74, 6) is 1.22. The van der Waals surface area contributed by atoms with Gasteiger partial charge in [0.1, 0.15) is 0 Å². The van der Waals surface area contributed by atoms with Crippen molar-refractivity contribution in [3.8, 4) is 5.69 Å². The number of thioether (sulfide) groups is 1. The van der Waals surface area contributed by atoms with Gasteiger partial charge in [0.05, 0.1) is 0 Å². The lowest BCUT2D eigenvalue weighted by atomic mass is 10.3. The highest BCUT2D eigenvalue weighted by Crippen LogP contribution is 2.21. The fraction of sp³-hybridized carbons (Fsp3) is 0.286. The van der Waals surface area contributed by atoms with E-state index in [9.17, 15) is 0 Å². The number of aromatic nitrogens is 1. The molecule has 0 bridgehead atoms. The highest BCUT2D eigenvalue weighted by atomic mass is 32.2. The van der Waals surface area contributed by atoms with Gasteiger partial charge in [0.15, 0.2) is 0 Å². The van der Waals surface area contributed by atoms with Crippen LogP contribution in [0.2, 0.25) is 0 Å². The zero-order valence-corrected chi connectivity index (χ0v) is 10.4. The summed E-state index contributed by atoms with van der Waals surface area (Å²) >= 11 is 1.94. The summed E-state index contributed by atoms with van der Waals surface area (Å²) in [4.78, 5) is 1.37. The minimum Gasteiger partial charge on any atom is -0.324 e. The first-order chi connectivity index (χ1) is 7.90. The maximum Gasteiger partial charge on any atom is 0.0450 e. The molecule has 2 heteroatoms. The Labute approximate surface area is 101 Å². The van der Waals surface area contributed by atoms with Crippen LogP contribution >= 0.6 is 11.8 Å². The maximum atomic E-state index is 2.23. The van der Waals surface area contributed by atoms with Gasteiger partial charge in [-0.25, -0.2) is 0 Å². The van der Waals surface area contributed by atoms with Crippen LogP contribution in [0.4, 0.5) is 0 Å². The van der Waals surface area contributed by atoms with Crippen molar-refractivity contribution < 1.29 is 0 Å². The van der Waals surface area contributed by atoms with Crippen LogP contribution in [0.15, 0.2) is 53.7 Å². The highest BCUT2D eigenvalue weighted by molar-refractivity contribution is 7.99. The molecule has 16 heavy (non-hydrogen) atoms. The van der Waals surface area contributed by atoms with Crippen molar-refractivity contribution in [2.45, 2.75) is 24.7 Å². The van der Waals surface area contributed by atoms with Gasteiger partial charge in [0, 0.05) is 23.0 Å². The van der Waals surface area contributed by atoms with Crippen LogP contribution in [-0.4, -0.2) is 10.3 Å². The van der Waals surface area contributed by atoms with Gasteiger partial charge in [-0.3, -0.25) is 0 Å². The molecule has 2 rings (SSSR count). The molecule has 1 aromatic carbocycles. The van der Waals surface area contributed by atoms with E-state index >= 15 is 0 Å². The van der Waals surface area contributed by atoms with E-state index in [1.54, 1.807) is 0 Å². The van der Waals surface area contributed by atoms with E-state index in [0.717, 1.165) is 0 Å². The van der Waals surface area contributed by atoms with Crippen LogP contribution in [0, 0.1) is 0 Å². The van der Waals surface area contributed by atoms with Gasteiger partial charge >= 0.3 is 0 Å². The Kier molecular flexibility index (Phi) is 4.11. The second kappa shape index (κ2) is 5.80. The van der Waals surface area contributed by atoms with Crippen molar-refractivity contribution >= 4 is 11.8 Å². The molecule has 2 aromatic rings. The Morgan fingerprint density at radius 1 is 1.06 bits per heavy atom. The van der Waals surface area contributed by atoms with E-state index < -0.39 is 0 Å². The smallest absolute Gasteiger partial charge is 0.0450 e. The van der Waals surface area contributed by atoms with E-state index in [1.807, 2.05) is 23.9 Å². The quantitative estimate of drug-likeness (QED) is 0.546. The Morgan fingerprint density at radius 3 is 2.38 bits per heavy atom. The molecule has 0 spiro atoms. The Balaban J connectivity index is 2.00. The van der Waals surface area contributed by atoms with Gasteiger partial charge in [-0.2, -0.15) is 0 Å². The molecular formula is C14H17NS. The first-order valence-electron chi connectivity index (χ1n) is 5.76. The normalized spacial score (nSPS) is 10.6. The van der Waals surface area contributed by atoms with E-state index in [4.69, 9.17) is 0 Å². The highest BCUT2D eigenvalue weighted by Gasteiger charge is 1.96. The van der Waals surface area contributed by atoms with Gasteiger partial charge in [0.25, 0.3) is 0 Å². The van der Waals surface area contributed by atoms with Gasteiger partial charge in [-0.1, -0.05) is 13.3 Å². The monoisotopic (exact) mass is 231 g/mol. The molecule has 84 valence electrons. The number of hydrogen-bond donors (Lipinski definition) is 0. The zero-order chi connectivity index (χ0) is 11.2. The van der Waals surface area contributed by atoms with Gasteiger partial charge < -0.3 is 4.57 Å². The van der Waals surface area contributed by atoms with Crippen molar-refractivity contribution in [3.63, 3.8) is 0 Å². The molecule has 0 saturated carbocycles. The lowest BCUT2D eigenvalue weighted by molar-refractivity contribution is 0.896. The summed E-state index contributed by atoms with van der Waals surface area (Å²) in [7, 11) is 0. The molecule has 1 aromatic heterocycles. The summed E-state index contributed by atoms with van der Waals surface area (Å²) in [6.45, 7) is 2.23. The average Bonchev–Trinajstić information content (AvgIpc) is 2.84. The Hall–Kier alpha value is -1.15. The third-order valence-electron chi connectivity index (χ3n) is 2.51. The van der Waals surface area contributed by atoms with Crippen molar-refractivity contribution in [1.82, 2.24) is 4.57 Å². The molecule has 0 saturated heterocycles. The third kappa shape index (κ3) is 2.92. The topological polar surface area (TPSA) is 4.93 Å². The van der Waals surface area contributed by atoms with Crippen LogP contribution in [0.5, 0.6) is 0 Å². The van der Waals surface area contributed by atoms with E-state index in [2.05, 4.69) is 48.1 Å². The van der Waals surface area contributed by atoms with E-state index in [-0.39, 0.29) is 0 Å².